The van der Waals surface area contributed by atoms with E-state index in [4.69, 9.17) is 13.9 Å². The Kier molecular flexibility index (Phi) is 8.02. The molecule has 0 saturated heterocycles. The van der Waals surface area contributed by atoms with Gasteiger partial charge in [0.05, 0.1) is 18.6 Å². The van der Waals surface area contributed by atoms with Crippen molar-refractivity contribution in [3.8, 4) is 5.75 Å². The fraction of sp³-hybridized carbons (Fsp3) is 0.208. The van der Waals surface area contributed by atoms with Crippen LogP contribution in [0, 0.1) is 0 Å². The molecular weight excluding hydrogens is 412 g/mol. The Bertz CT molecular complexity index is 1030. The summed E-state index contributed by atoms with van der Waals surface area (Å²) in [6.07, 6.45) is 1.56. The molecule has 0 radical (unpaired) electrons. The molecule has 1 atom stereocenters. The Morgan fingerprint density at radius 2 is 1.72 bits per heavy atom. The second-order valence-electron chi connectivity index (χ2n) is 6.78. The quantitative estimate of drug-likeness (QED) is 0.473. The number of ether oxygens (including phenoxy) is 2. The molecule has 2 aromatic carbocycles. The number of carbonyl (C=O) groups is 3. The number of benzene rings is 2. The largest absolute Gasteiger partial charge is 0.492 e. The molecule has 0 fully saturated rings. The Morgan fingerprint density at radius 3 is 2.44 bits per heavy atom. The van der Waals surface area contributed by atoms with Crippen LogP contribution in [0.15, 0.2) is 77.4 Å². The molecule has 0 spiro atoms. The summed E-state index contributed by atoms with van der Waals surface area (Å²) in [5, 5.41) is 5.27. The minimum absolute atomic E-state index is 0.0705. The molecule has 2 N–H and O–H groups in total. The number of hydrogen-bond acceptors (Lipinski definition) is 6. The molecule has 0 aliphatic rings. The third-order valence-corrected chi connectivity index (χ3v) is 4.42. The van der Waals surface area contributed by atoms with Crippen molar-refractivity contribution >= 4 is 23.5 Å². The lowest BCUT2D eigenvalue weighted by Crippen LogP contribution is -2.44. The number of hydrogen-bond donors (Lipinski definition) is 2. The molecule has 0 bridgehead atoms. The van der Waals surface area contributed by atoms with Gasteiger partial charge in [0.2, 0.25) is 0 Å². The van der Waals surface area contributed by atoms with Gasteiger partial charge in [-0.1, -0.05) is 42.5 Å². The topological polar surface area (TPSA) is 107 Å². The maximum Gasteiger partial charge on any atom is 0.329 e. The van der Waals surface area contributed by atoms with Crippen LogP contribution in [0.5, 0.6) is 5.75 Å². The van der Waals surface area contributed by atoms with Crippen LogP contribution in [-0.2, 0) is 20.7 Å². The van der Waals surface area contributed by atoms with Gasteiger partial charge in [0.15, 0.2) is 12.4 Å². The van der Waals surface area contributed by atoms with E-state index in [1.807, 2.05) is 37.3 Å². The van der Waals surface area contributed by atoms with Crippen molar-refractivity contribution in [2.75, 3.05) is 18.5 Å². The van der Waals surface area contributed by atoms with Crippen molar-refractivity contribution in [2.45, 2.75) is 19.4 Å². The number of amides is 2. The molecule has 3 aromatic rings. The average molecular weight is 436 g/mol. The first-order valence-electron chi connectivity index (χ1n) is 10.1. The fourth-order valence-electron chi connectivity index (χ4n) is 2.96. The molecular formula is C24H24N2O6. The summed E-state index contributed by atoms with van der Waals surface area (Å²) in [5.41, 5.74) is 1.30. The summed E-state index contributed by atoms with van der Waals surface area (Å²) in [6.45, 7) is 1.77. The predicted molar refractivity (Wildman–Crippen MR) is 117 cm³/mol. The minimum atomic E-state index is -1.00. The lowest BCUT2D eigenvalue weighted by Gasteiger charge is -2.17. The Labute approximate surface area is 185 Å². The Morgan fingerprint density at radius 1 is 0.969 bits per heavy atom. The lowest BCUT2D eigenvalue weighted by atomic mass is 10.1. The molecule has 0 aliphatic carbocycles. The Hall–Kier alpha value is -4.07. The van der Waals surface area contributed by atoms with Gasteiger partial charge in [-0.2, -0.15) is 0 Å². The number of para-hydroxylation sites is 2. The lowest BCUT2D eigenvalue weighted by molar-refractivity contribution is -0.149. The van der Waals surface area contributed by atoms with Crippen LogP contribution in [0.1, 0.15) is 23.0 Å². The molecule has 32 heavy (non-hydrogen) atoms. The monoisotopic (exact) mass is 436 g/mol. The van der Waals surface area contributed by atoms with Gasteiger partial charge in [0.25, 0.3) is 11.8 Å². The van der Waals surface area contributed by atoms with E-state index in [1.165, 1.54) is 12.3 Å². The van der Waals surface area contributed by atoms with E-state index in [-0.39, 0.29) is 12.2 Å². The van der Waals surface area contributed by atoms with Gasteiger partial charge >= 0.3 is 5.97 Å². The predicted octanol–water partition coefficient (Wildman–Crippen LogP) is 3.20. The van der Waals surface area contributed by atoms with Crippen molar-refractivity contribution in [3.05, 3.63) is 84.3 Å². The summed E-state index contributed by atoms with van der Waals surface area (Å²) < 4.78 is 15.7. The SMILES string of the molecule is CCOc1ccccc1NC(=O)COC(=O)[C@@H](Cc1ccccc1)NC(=O)c1ccco1. The standard InChI is InChI=1S/C24H24N2O6/c1-2-30-20-12-7-6-11-18(20)25-22(27)16-32-24(29)19(15-17-9-4-3-5-10-17)26-23(28)21-13-8-14-31-21/h3-14,19H,2,15-16H2,1H3,(H,25,27)(H,26,28)/t19-/m1/s1. The van der Waals surface area contributed by atoms with E-state index >= 15 is 0 Å². The molecule has 8 nitrogen and oxygen atoms in total. The number of esters is 1. The second-order valence-corrected chi connectivity index (χ2v) is 6.78. The first kappa shape index (κ1) is 22.6. The minimum Gasteiger partial charge on any atom is -0.492 e. The summed E-state index contributed by atoms with van der Waals surface area (Å²) in [5.74, 6) is -1.23. The molecule has 1 heterocycles. The van der Waals surface area contributed by atoms with Gasteiger partial charge in [0, 0.05) is 6.42 Å². The van der Waals surface area contributed by atoms with E-state index in [1.54, 1.807) is 30.3 Å². The third-order valence-electron chi connectivity index (χ3n) is 4.42. The van der Waals surface area contributed by atoms with Crippen LogP contribution in [0.3, 0.4) is 0 Å². The zero-order chi connectivity index (χ0) is 22.8. The summed E-state index contributed by atoms with van der Waals surface area (Å²) in [7, 11) is 0. The van der Waals surface area contributed by atoms with Gasteiger partial charge in [-0.3, -0.25) is 9.59 Å². The molecule has 1 aromatic heterocycles. The van der Waals surface area contributed by atoms with Gasteiger partial charge in [0.1, 0.15) is 11.8 Å². The molecule has 8 heteroatoms. The van der Waals surface area contributed by atoms with Crippen LogP contribution in [0.2, 0.25) is 0 Å². The highest BCUT2D eigenvalue weighted by atomic mass is 16.5. The van der Waals surface area contributed by atoms with E-state index in [2.05, 4.69) is 10.6 Å². The number of furan rings is 1. The highest BCUT2D eigenvalue weighted by molar-refractivity contribution is 5.96. The summed E-state index contributed by atoms with van der Waals surface area (Å²) in [6, 6.07) is 18.2. The molecule has 0 aliphatic heterocycles. The number of anilines is 1. The Balaban J connectivity index is 1.62. The van der Waals surface area contributed by atoms with Gasteiger partial charge in [-0.05, 0) is 36.8 Å². The maximum absolute atomic E-state index is 12.7. The van der Waals surface area contributed by atoms with Crippen LogP contribution >= 0.6 is 0 Å². The zero-order valence-corrected chi connectivity index (χ0v) is 17.6. The van der Waals surface area contributed by atoms with Crippen molar-refractivity contribution in [2.24, 2.45) is 0 Å². The van der Waals surface area contributed by atoms with Crippen LogP contribution in [-0.4, -0.2) is 37.0 Å². The van der Waals surface area contributed by atoms with Crippen LogP contribution < -0.4 is 15.4 Å². The van der Waals surface area contributed by atoms with Crippen LogP contribution in [0.4, 0.5) is 5.69 Å². The van der Waals surface area contributed by atoms with Gasteiger partial charge in [-0.25, -0.2) is 4.79 Å². The van der Waals surface area contributed by atoms with E-state index in [0.717, 1.165) is 5.56 Å². The molecule has 0 unspecified atom stereocenters. The van der Waals surface area contributed by atoms with E-state index < -0.39 is 30.4 Å². The smallest absolute Gasteiger partial charge is 0.329 e. The van der Waals surface area contributed by atoms with E-state index in [9.17, 15) is 14.4 Å². The average Bonchev–Trinajstić information content (AvgIpc) is 3.34. The molecule has 2 amide bonds. The number of carbonyl (C=O) groups excluding carboxylic acids is 3. The normalized spacial score (nSPS) is 11.3. The molecule has 3 rings (SSSR count). The van der Waals surface area contributed by atoms with Crippen molar-refractivity contribution in [3.63, 3.8) is 0 Å². The van der Waals surface area contributed by atoms with E-state index in [0.29, 0.717) is 18.0 Å². The first-order chi connectivity index (χ1) is 15.6. The van der Waals surface area contributed by atoms with Gasteiger partial charge in [-0.15, -0.1) is 0 Å². The number of nitrogens with one attached hydrogen (secondary N) is 2. The zero-order valence-electron chi connectivity index (χ0n) is 17.6. The summed E-state index contributed by atoms with van der Waals surface area (Å²) >= 11 is 0. The first-order valence-corrected chi connectivity index (χ1v) is 10.1. The fourth-order valence-corrected chi connectivity index (χ4v) is 2.96. The van der Waals surface area contributed by atoms with Crippen molar-refractivity contribution in [1.29, 1.82) is 0 Å². The molecule has 166 valence electrons. The third kappa shape index (κ3) is 6.46. The van der Waals surface area contributed by atoms with Crippen molar-refractivity contribution in [1.82, 2.24) is 5.32 Å². The van der Waals surface area contributed by atoms with Crippen molar-refractivity contribution < 1.29 is 28.3 Å². The van der Waals surface area contributed by atoms with Crippen LogP contribution in [0.25, 0.3) is 0 Å². The van der Waals surface area contributed by atoms with Gasteiger partial charge < -0.3 is 24.5 Å². The summed E-state index contributed by atoms with van der Waals surface area (Å²) in [4.78, 5) is 37.4. The maximum atomic E-state index is 12.7. The molecule has 0 saturated carbocycles. The second kappa shape index (κ2) is 11.4. The highest BCUT2D eigenvalue weighted by Crippen LogP contribution is 2.23. The highest BCUT2D eigenvalue weighted by Gasteiger charge is 2.25. The number of rotatable bonds is 10.